The van der Waals surface area contributed by atoms with Crippen molar-refractivity contribution in [2.45, 2.75) is 6.54 Å². The van der Waals surface area contributed by atoms with Crippen molar-refractivity contribution in [3.63, 3.8) is 0 Å². The Morgan fingerprint density at radius 3 is 2.35 bits per heavy atom. The molecule has 0 unspecified atom stereocenters. The minimum absolute atomic E-state index is 0.177. The number of carboxylic acid groups (broad SMARTS) is 1. The summed E-state index contributed by atoms with van der Waals surface area (Å²) >= 11 is 0. The zero-order valence-electron chi connectivity index (χ0n) is 10.9. The van der Waals surface area contributed by atoms with Crippen molar-refractivity contribution in [3.05, 3.63) is 35.4 Å². The van der Waals surface area contributed by atoms with E-state index in [2.05, 4.69) is 5.32 Å². The minimum Gasteiger partial charge on any atom is -0.478 e. The molecule has 2 N–H and O–H groups in total. The number of hydrogen-bond donors (Lipinski definition) is 2. The fourth-order valence-electron chi connectivity index (χ4n) is 1.90. The number of rotatable bonds is 3. The molecule has 0 radical (unpaired) electrons. The van der Waals surface area contributed by atoms with Gasteiger partial charge in [-0.1, -0.05) is 12.1 Å². The Kier molecular flexibility index (Phi) is 4.73. The Balaban J connectivity index is 1.84. The summed E-state index contributed by atoms with van der Waals surface area (Å²) in [4.78, 5) is 24.2. The summed E-state index contributed by atoms with van der Waals surface area (Å²) in [5.74, 6) is 0.0865. The molecular weight excluding hydrogens is 280 g/mol. The zero-order chi connectivity index (χ0) is 14.5. The number of amides is 2. The van der Waals surface area contributed by atoms with Crippen LogP contribution in [0, 0.1) is 0 Å². The highest BCUT2D eigenvalue weighted by atomic mass is 32.2. The molecule has 1 aliphatic rings. The van der Waals surface area contributed by atoms with Crippen LogP contribution in [-0.2, 0) is 17.3 Å². The highest BCUT2D eigenvalue weighted by molar-refractivity contribution is 7.85. The first-order chi connectivity index (χ1) is 9.56. The molecular formula is C13H16N2O4S. The molecule has 1 aliphatic heterocycles. The molecule has 1 saturated heterocycles. The van der Waals surface area contributed by atoms with E-state index in [1.807, 2.05) is 0 Å². The van der Waals surface area contributed by atoms with Gasteiger partial charge in [-0.15, -0.1) is 0 Å². The third kappa shape index (κ3) is 3.80. The van der Waals surface area contributed by atoms with Crippen LogP contribution >= 0.6 is 0 Å². The van der Waals surface area contributed by atoms with Gasteiger partial charge in [-0.25, -0.2) is 9.59 Å². The van der Waals surface area contributed by atoms with Gasteiger partial charge < -0.3 is 15.3 Å². The number of urea groups is 1. The molecule has 0 aliphatic carbocycles. The van der Waals surface area contributed by atoms with Gasteiger partial charge in [0.1, 0.15) is 0 Å². The highest BCUT2D eigenvalue weighted by Gasteiger charge is 2.19. The monoisotopic (exact) mass is 296 g/mol. The van der Waals surface area contributed by atoms with Crippen molar-refractivity contribution >= 4 is 22.8 Å². The summed E-state index contributed by atoms with van der Waals surface area (Å²) in [5.41, 5.74) is 1.06. The number of nitrogens with one attached hydrogen (secondary N) is 1. The van der Waals surface area contributed by atoms with Gasteiger partial charge in [0.15, 0.2) is 0 Å². The van der Waals surface area contributed by atoms with E-state index in [9.17, 15) is 13.8 Å². The van der Waals surface area contributed by atoms with Crippen molar-refractivity contribution in [1.82, 2.24) is 10.2 Å². The second-order valence-corrected chi connectivity index (χ2v) is 6.19. The lowest BCUT2D eigenvalue weighted by Crippen LogP contribution is -2.46. The maximum Gasteiger partial charge on any atom is 0.335 e. The second kappa shape index (κ2) is 6.51. The van der Waals surface area contributed by atoms with E-state index in [0.717, 1.165) is 5.56 Å². The maximum absolute atomic E-state index is 11.9. The number of carboxylic acids is 1. The average Bonchev–Trinajstić information content (AvgIpc) is 2.46. The summed E-state index contributed by atoms with van der Waals surface area (Å²) in [6, 6.07) is 6.19. The molecule has 1 aromatic carbocycles. The van der Waals surface area contributed by atoms with Crippen LogP contribution in [0.2, 0.25) is 0 Å². The summed E-state index contributed by atoms with van der Waals surface area (Å²) < 4.78 is 11.2. The van der Waals surface area contributed by atoms with Gasteiger partial charge in [-0.3, -0.25) is 4.21 Å². The molecule has 1 heterocycles. The van der Waals surface area contributed by atoms with Crippen LogP contribution in [0.1, 0.15) is 15.9 Å². The quantitative estimate of drug-likeness (QED) is 0.858. The summed E-state index contributed by atoms with van der Waals surface area (Å²) in [6.07, 6.45) is 0. The van der Waals surface area contributed by atoms with Crippen LogP contribution in [-0.4, -0.2) is 50.8 Å². The molecule has 6 nitrogen and oxygen atoms in total. The van der Waals surface area contributed by atoms with Crippen molar-refractivity contribution < 1.29 is 18.9 Å². The largest absolute Gasteiger partial charge is 0.478 e. The van der Waals surface area contributed by atoms with E-state index in [0.29, 0.717) is 31.1 Å². The van der Waals surface area contributed by atoms with Crippen molar-refractivity contribution in [3.8, 4) is 0 Å². The lowest BCUT2D eigenvalue weighted by atomic mass is 10.1. The normalized spacial score (nSPS) is 15.9. The van der Waals surface area contributed by atoms with Gasteiger partial charge in [0.05, 0.1) is 5.56 Å². The van der Waals surface area contributed by atoms with E-state index in [-0.39, 0.29) is 11.6 Å². The smallest absolute Gasteiger partial charge is 0.335 e. The zero-order valence-corrected chi connectivity index (χ0v) is 11.7. The molecule has 0 saturated carbocycles. The van der Waals surface area contributed by atoms with Gasteiger partial charge in [0, 0.05) is 41.9 Å². The SMILES string of the molecule is O=C(O)c1ccc(CNC(=O)N2CCS(=O)CC2)cc1. The van der Waals surface area contributed by atoms with Crippen LogP contribution in [0.3, 0.4) is 0 Å². The number of benzene rings is 1. The molecule has 108 valence electrons. The lowest BCUT2D eigenvalue weighted by Gasteiger charge is -2.26. The molecule has 2 amide bonds. The number of carbonyl (C=O) groups is 2. The van der Waals surface area contributed by atoms with Crippen LogP contribution in [0.25, 0.3) is 0 Å². The van der Waals surface area contributed by atoms with Crippen LogP contribution < -0.4 is 5.32 Å². The molecule has 0 atom stereocenters. The van der Waals surface area contributed by atoms with Crippen molar-refractivity contribution in [2.24, 2.45) is 0 Å². The Morgan fingerprint density at radius 1 is 1.20 bits per heavy atom. The van der Waals surface area contributed by atoms with Gasteiger partial charge in [0.25, 0.3) is 0 Å². The Bertz CT molecular complexity index is 520. The van der Waals surface area contributed by atoms with Crippen LogP contribution in [0.5, 0.6) is 0 Å². The number of nitrogens with zero attached hydrogens (tertiary/aromatic N) is 1. The predicted molar refractivity (Wildman–Crippen MR) is 75.1 cm³/mol. The number of hydrogen-bond acceptors (Lipinski definition) is 3. The molecule has 1 aromatic rings. The Morgan fingerprint density at radius 2 is 1.80 bits per heavy atom. The van der Waals surface area contributed by atoms with E-state index in [4.69, 9.17) is 5.11 Å². The lowest BCUT2D eigenvalue weighted by molar-refractivity contribution is 0.0697. The topological polar surface area (TPSA) is 86.7 Å². The van der Waals surface area contributed by atoms with Gasteiger partial charge in [-0.05, 0) is 17.7 Å². The van der Waals surface area contributed by atoms with Crippen LogP contribution in [0.15, 0.2) is 24.3 Å². The van der Waals surface area contributed by atoms with Gasteiger partial charge in [-0.2, -0.15) is 0 Å². The molecule has 0 aromatic heterocycles. The molecule has 20 heavy (non-hydrogen) atoms. The first-order valence-electron chi connectivity index (χ1n) is 6.26. The highest BCUT2D eigenvalue weighted by Crippen LogP contribution is 2.05. The van der Waals surface area contributed by atoms with E-state index < -0.39 is 16.8 Å². The standard InChI is InChI=1S/C13H16N2O4S/c16-12(17)11-3-1-10(2-4-11)9-14-13(18)15-5-7-20(19)8-6-15/h1-4H,5-9H2,(H,14,18)(H,16,17). The number of carbonyl (C=O) groups excluding carboxylic acids is 1. The number of aromatic carboxylic acids is 1. The summed E-state index contributed by atoms with van der Waals surface area (Å²) in [5, 5.41) is 11.6. The van der Waals surface area contributed by atoms with Crippen molar-refractivity contribution in [1.29, 1.82) is 0 Å². The molecule has 7 heteroatoms. The third-order valence-corrected chi connectivity index (χ3v) is 4.39. The molecule has 2 rings (SSSR count). The minimum atomic E-state index is -0.970. The summed E-state index contributed by atoms with van der Waals surface area (Å²) in [6.45, 7) is 1.37. The molecule has 1 fully saturated rings. The fourth-order valence-corrected chi connectivity index (χ4v) is 2.95. The van der Waals surface area contributed by atoms with Crippen molar-refractivity contribution in [2.75, 3.05) is 24.6 Å². The first-order valence-corrected chi connectivity index (χ1v) is 7.75. The fraction of sp³-hybridized carbons (Fsp3) is 0.385. The average molecular weight is 296 g/mol. The molecule has 0 bridgehead atoms. The third-order valence-electron chi connectivity index (χ3n) is 3.11. The summed E-state index contributed by atoms with van der Waals surface area (Å²) in [7, 11) is -0.802. The van der Waals surface area contributed by atoms with Gasteiger partial charge in [0.2, 0.25) is 0 Å². The first kappa shape index (κ1) is 14.5. The van der Waals surface area contributed by atoms with Crippen LogP contribution in [0.4, 0.5) is 4.79 Å². The van der Waals surface area contributed by atoms with E-state index >= 15 is 0 Å². The van der Waals surface area contributed by atoms with E-state index in [1.165, 1.54) is 12.1 Å². The van der Waals surface area contributed by atoms with E-state index in [1.54, 1.807) is 17.0 Å². The van der Waals surface area contributed by atoms with Gasteiger partial charge >= 0.3 is 12.0 Å². The Hall–Kier alpha value is -1.89. The maximum atomic E-state index is 11.9. The Labute approximate surface area is 119 Å². The predicted octanol–water partition coefficient (Wildman–Crippen LogP) is 0.659. The molecule has 0 spiro atoms. The second-order valence-electron chi connectivity index (χ2n) is 4.50.